The largest absolute Gasteiger partial charge is 0.358 e. The lowest BCUT2D eigenvalue weighted by Crippen LogP contribution is -2.41. The fraction of sp³-hybridized carbons (Fsp3) is 0.933. The molecule has 0 amide bonds. The van der Waals surface area contributed by atoms with Crippen molar-refractivity contribution >= 4 is 5.84 Å². The predicted octanol–water partition coefficient (Wildman–Crippen LogP) is 4.44. The highest BCUT2D eigenvalue weighted by Crippen LogP contribution is 2.26. The standard InChI is InChI=1S/C15H30N2/c1-4-5-9-12-17(13(2)3)15(16)14-10-7-6-8-11-14/h13-14,16H,4-12H2,1-3H3. The van der Waals surface area contributed by atoms with Gasteiger partial charge in [0.25, 0.3) is 0 Å². The van der Waals surface area contributed by atoms with Gasteiger partial charge in [-0.1, -0.05) is 39.0 Å². The maximum absolute atomic E-state index is 8.43. The van der Waals surface area contributed by atoms with Gasteiger partial charge in [-0.15, -0.1) is 0 Å². The van der Waals surface area contributed by atoms with Gasteiger partial charge in [0.1, 0.15) is 0 Å². The molecule has 0 aromatic rings. The van der Waals surface area contributed by atoms with Crippen LogP contribution in [0, 0.1) is 11.3 Å². The molecule has 0 unspecified atom stereocenters. The highest BCUT2D eigenvalue weighted by Gasteiger charge is 2.23. The van der Waals surface area contributed by atoms with E-state index in [1.165, 1.54) is 51.4 Å². The summed E-state index contributed by atoms with van der Waals surface area (Å²) in [6.45, 7) is 7.78. The molecule has 0 aliphatic heterocycles. The van der Waals surface area contributed by atoms with Gasteiger partial charge in [0.2, 0.25) is 0 Å². The van der Waals surface area contributed by atoms with Gasteiger partial charge in [0.05, 0.1) is 5.84 Å². The summed E-state index contributed by atoms with van der Waals surface area (Å²) in [5.41, 5.74) is 0. The van der Waals surface area contributed by atoms with Gasteiger partial charge in [-0.25, -0.2) is 0 Å². The van der Waals surface area contributed by atoms with Crippen LogP contribution < -0.4 is 0 Å². The predicted molar refractivity (Wildman–Crippen MR) is 75.7 cm³/mol. The third-order valence-electron chi connectivity index (χ3n) is 3.93. The molecule has 0 aromatic carbocycles. The van der Waals surface area contributed by atoms with Gasteiger partial charge in [-0.3, -0.25) is 5.41 Å². The Hall–Kier alpha value is -0.530. The molecule has 1 aliphatic carbocycles. The van der Waals surface area contributed by atoms with E-state index in [0.29, 0.717) is 12.0 Å². The molecule has 0 heterocycles. The summed E-state index contributed by atoms with van der Waals surface area (Å²) < 4.78 is 0. The molecule has 17 heavy (non-hydrogen) atoms. The molecule has 100 valence electrons. The molecule has 0 radical (unpaired) electrons. The summed E-state index contributed by atoms with van der Waals surface area (Å²) in [7, 11) is 0. The third kappa shape index (κ3) is 4.69. The molecule has 2 heteroatoms. The Kier molecular flexibility index (Phi) is 6.61. The molecule has 0 saturated heterocycles. The van der Waals surface area contributed by atoms with Crippen LogP contribution in [-0.2, 0) is 0 Å². The van der Waals surface area contributed by atoms with E-state index >= 15 is 0 Å². The van der Waals surface area contributed by atoms with Crippen molar-refractivity contribution in [2.75, 3.05) is 6.54 Å². The molecule has 1 N–H and O–H groups in total. The van der Waals surface area contributed by atoms with E-state index in [-0.39, 0.29) is 0 Å². The lowest BCUT2D eigenvalue weighted by Gasteiger charge is -2.35. The van der Waals surface area contributed by atoms with Crippen molar-refractivity contribution in [2.24, 2.45) is 5.92 Å². The van der Waals surface area contributed by atoms with Crippen LogP contribution in [0.15, 0.2) is 0 Å². The van der Waals surface area contributed by atoms with E-state index in [1.807, 2.05) is 0 Å². The topological polar surface area (TPSA) is 27.1 Å². The number of rotatable bonds is 6. The molecule has 0 bridgehead atoms. The quantitative estimate of drug-likeness (QED) is 0.413. The molecule has 2 nitrogen and oxygen atoms in total. The second-order valence-electron chi connectivity index (χ2n) is 5.71. The summed E-state index contributed by atoms with van der Waals surface area (Å²) in [6.07, 6.45) is 10.3. The monoisotopic (exact) mass is 238 g/mol. The summed E-state index contributed by atoms with van der Waals surface area (Å²) in [5, 5.41) is 8.43. The molecule has 1 fully saturated rings. The van der Waals surface area contributed by atoms with E-state index in [4.69, 9.17) is 5.41 Å². The average Bonchev–Trinajstić information content (AvgIpc) is 2.34. The normalized spacial score (nSPS) is 17.4. The Morgan fingerprint density at radius 3 is 2.35 bits per heavy atom. The second kappa shape index (κ2) is 7.73. The van der Waals surface area contributed by atoms with Gasteiger partial charge in [0.15, 0.2) is 0 Å². The van der Waals surface area contributed by atoms with Gasteiger partial charge >= 0.3 is 0 Å². The Labute approximate surface area is 107 Å². The highest BCUT2D eigenvalue weighted by atomic mass is 15.2. The molecule has 1 saturated carbocycles. The fourth-order valence-electron chi connectivity index (χ4n) is 2.80. The zero-order chi connectivity index (χ0) is 12.7. The van der Waals surface area contributed by atoms with E-state index in [1.54, 1.807) is 0 Å². The zero-order valence-electron chi connectivity index (χ0n) is 12.0. The minimum atomic E-state index is 0.487. The van der Waals surface area contributed by atoms with Crippen molar-refractivity contribution in [3.8, 4) is 0 Å². The maximum atomic E-state index is 8.43. The second-order valence-corrected chi connectivity index (χ2v) is 5.71. The average molecular weight is 238 g/mol. The van der Waals surface area contributed by atoms with Crippen LogP contribution in [0.3, 0.4) is 0 Å². The summed E-state index contributed by atoms with van der Waals surface area (Å²) in [5.74, 6) is 1.48. The Morgan fingerprint density at radius 2 is 1.82 bits per heavy atom. The Morgan fingerprint density at radius 1 is 1.18 bits per heavy atom. The van der Waals surface area contributed by atoms with E-state index in [9.17, 15) is 0 Å². The zero-order valence-corrected chi connectivity index (χ0v) is 12.0. The first-order chi connectivity index (χ1) is 8.16. The van der Waals surface area contributed by atoms with Crippen LogP contribution in [0.25, 0.3) is 0 Å². The van der Waals surface area contributed by atoms with Crippen LogP contribution in [0.2, 0.25) is 0 Å². The van der Waals surface area contributed by atoms with Gasteiger partial charge < -0.3 is 4.90 Å². The van der Waals surface area contributed by atoms with Crippen LogP contribution in [0.5, 0.6) is 0 Å². The van der Waals surface area contributed by atoms with E-state index in [0.717, 1.165) is 12.4 Å². The smallest absolute Gasteiger partial charge is 0.0991 e. The minimum absolute atomic E-state index is 0.487. The minimum Gasteiger partial charge on any atom is -0.358 e. The Bertz CT molecular complexity index is 217. The van der Waals surface area contributed by atoms with Crippen LogP contribution in [-0.4, -0.2) is 23.3 Å². The number of unbranched alkanes of at least 4 members (excludes halogenated alkanes) is 2. The van der Waals surface area contributed by atoms with Crippen LogP contribution in [0.4, 0.5) is 0 Å². The summed E-state index contributed by atoms with van der Waals surface area (Å²) in [6, 6.07) is 0.487. The molecule has 0 atom stereocenters. The van der Waals surface area contributed by atoms with Gasteiger partial charge in [-0.05, 0) is 33.1 Å². The molecule has 0 spiro atoms. The fourth-order valence-corrected chi connectivity index (χ4v) is 2.80. The number of hydrogen-bond acceptors (Lipinski definition) is 1. The lowest BCUT2D eigenvalue weighted by atomic mass is 9.87. The van der Waals surface area contributed by atoms with Gasteiger partial charge in [0, 0.05) is 18.5 Å². The van der Waals surface area contributed by atoms with E-state index in [2.05, 4.69) is 25.7 Å². The number of amidine groups is 1. The molecular weight excluding hydrogens is 208 g/mol. The first-order valence-electron chi connectivity index (χ1n) is 7.52. The van der Waals surface area contributed by atoms with Crippen LogP contribution in [0.1, 0.15) is 72.1 Å². The summed E-state index contributed by atoms with van der Waals surface area (Å²) >= 11 is 0. The maximum Gasteiger partial charge on any atom is 0.0991 e. The first kappa shape index (κ1) is 14.5. The molecule has 0 aromatic heterocycles. The SMILES string of the molecule is CCCCCN(C(=N)C1CCCCC1)C(C)C. The summed E-state index contributed by atoms with van der Waals surface area (Å²) in [4.78, 5) is 2.34. The van der Waals surface area contributed by atoms with Crippen molar-refractivity contribution in [1.82, 2.24) is 4.90 Å². The lowest BCUT2D eigenvalue weighted by molar-refractivity contribution is 0.302. The number of nitrogens with one attached hydrogen (secondary N) is 1. The van der Waals surface area contributed by atoms with Crippen molar-refractivity contribution in [3.05, 3.63) is 0 Å². The first-order valence-corrected chi connectivity index (χ1v) is 7.52. The third-order valence-corrected chi connectivity index (χ3v) is 3.93. The number of hydrogen-bond donors (Lipinski definition) is 1. The number of nitrogens with zero attached hydrogens (tertiary/aromatic N) is 1. The van der Waals surface area contributed by atoms with E-state index < -0.39 is 0 Å². The van der Waals surface area contributed by atoms with Crippen molar-refractivity contribution < 1.29 is 0 Å². The van der Waals surface area contributed by atoms with Gasteiger partial charge in [-0.2, -0.15) is 0 Å². The highest BCUT2D eigenvalue weighted by molar-refractivity contribution is 5.82. The molecule has 1 aliphatic rings. The van der Waals surface area contributed by atoms with Crippen molar-refractivity contribution in [1.29, 1.82) is 5.41 Å². The molecular formula is C15H30N2. The molecule has 1 rings (SSSR count). The Balaban J connectivity index is 2.46. The van der Waals surface area contributed by atoms with Crippen LogP contribution >= 0.6 is 0 Å². The van der Waals surface area contributed by atoms with Crippen molar-refractivity contribution in [3.63, 3.8) is 0 Å². The van der Waals surface area contributed by atoms with Crippen molar-refractivity contribution in [2.45, 2.75) is 78.2 Å².